The first kappa shape index (κ1) is 23.6. The van der Waals surface area contributed by atoms with Crippen LogP contribution in [0.5, 0.6) is 5.75 Å². The summed E-state index contributed by atoms with van der Waals surface area (Å²) < 4.78 is 11.1. The summed E-state index contributed by atoms with van der Waals surface area (Å²) in [6, 6.07) is 31.8. The summed E-state index contributed by atoms with van der Waals surface area (Å²) >= 11 is 0. The molecule has 1 aromatic heterocycles. The smallest absolute Gasteiger partial charge is 0.289 e. The molecule has 182 valence electrons. The second-order valence-electron chi connectivity index (χ2n) is 8.80. The van der Waals surface area contributed by atoms with Gasteiger partial charge in [-0.05, 0) is 16.7 Å². The van der Waals surface area contributed by atoms with Crippen LogP contribution < -0.4 is 10.2 Å². The number of ether oxygens (including phenoxy) is 1. The average Bonchev–Trinajstić information content (AvgIpc) is 2.94. The molecule has 2 heterocycles. The predicted octanol–water partition coefficient (Wildman–Crippen LogP) is 4.77. The predicted molar refractivity (Wildman–Crippen MR) is 138 cm³/mol. The van der Waals surface area contributed by atoms with Gasteiger partial charge in [0.15, 0.2) is 5.76 Å². The molecule has 0 saturated carbocycles. The van der Waals surface area contributed by atoms with E-state index < -0.39 is 0 Å². The van der Waals surface area contributed by atoms with Crippen molar-refractivity contribution < 1.29 is 13.9 Å². The molecule has 0 spiro atoms. The largest absolute Gasteiger partial charge is 0.482 e. The Morgan fingerprint density at radius 3 is 1.92 bits per heavy atom. The Hall–Kier alpha value is -4.16. The normalized spacial score (nSPS) is 14.1. The highest BCUT2D eigenvalue weighted by atomic mass is 16.5. The molecule has 1 aliphatic heterocycles. The van der Waals surface area contributed by atoms with Gasteiger partial charge in [-0.2, -0.15) is 0 Å². The molecule has 6 heteroatoms. The zero-order chi connectivity index (χ0) is 24.7. The van der Waals surface area contributed by atoms with Crippen molar-refractivity contribution in [2.24, 2.45) is 0 Å². The van der Waals surface area contributed by atoms with E-state index in [9.17, 15) is 9.59 Å². The molecule has 3 aromatic carbocycles. The number of hydrogen-bond donors (Lipinski definition) is 0. The van der Waals surface area contributed by atoms with Crippen molar-refractivity contribution in [1.29, 1.82) is 0 Å². The Kier molecular flexibility index (Phi) is 7.24. The van der Waals surface area contributed by atoms with Crippen LogP contribution in [0.25, 0.3) is 0 Å². The molecular weight excluding hydrogens is 452 g/mol. The lowest BCUT2D eigenvalue weighted by Crippen LogP contribution is -2.50. The second-order valence-corrected chi connectivity index (χ2v) is 8.80. The first-order chi connectivity index (χ1) is 17.7. The summed E-state index contributed by atoms with van der Waals surface area (Å²) in [6.45, 7) is 2.77. The van der Waals surface area contributed by atoms with Crippen LogP contribution >= 0.6 is 0 Å². The van der Waals surface area contributed by atoms with E-state index in [0.29, 0.717) is 26.2 Å². The fraction of sp³-hybridized carbons (Fsp3) is 0.200. The Morgan fingerprint density at radius 2 is 1.36 bits per heavy atom. The first-order valence-electron chi connectivity index (χ1n) is 12.1. The second kappa shape index (κ2) is 11.1. The van der Waals surface area contributed by atoms with E-state index in [1.807, 2.05) is 42.5 Å². The van der Waals surface area contributed by atoms with Gasteiger partial charge in [0.1, 0.15) is 12.9 Å². The number of carbonyl (C=O) groups is 1. The van der Waals surface area contributed by atoms with Crippen molar-refractivity contribution >= 4 is 5.91 Å². The first-order valence-corrected chi connectivity index (χ1v) is 12.1. The zero-order valence-electron chi connectivity index (χ0n) is 20.0. The molecule has 6 nitrogen and oxygen atoms in total. The van der Waals surface area contributed by atoms with Gasteiger partial charge < -0.3 is 14.1 Å². The molecule has 0 radical (unpaired) electrons. The summed E-state index contributed by atoms with van der Waals surface area (Å²) in [6.07, 6.45) is 1.23. The zero-order valence-corrected chi connectivity index (χ0v) is 20.0. The average molecular weight is 481 g/mol. The molecule has 1 fully saturated rings. The minimum Gasteiger partial charge on any atom is -0.482 e. The Balaban J connectivity index is 1.24. The number of rotatable bonds is 7. The van der Waals surface area contributed by atoms with Crippen molar-refractivity contribution in [3.63, 3.8) is 0 Å². The van der Waals surface area contributed by atoms with Gasteiger partial charge >= 0.3 is 0 Å². The van der Waals surface area contributed by atoms with Gasteiger partial charge in [0, 0.05) is 32.2 Å². The van der Waals surface area contributed by atoms with Crippen molar-refractivity contribution in [3.8, 4) is 5.75 Å². The van der Waals surface area contributed by atoms with Crippen LogP contribution in [0.4, 0.5) is 0 Å². The van der Waals surface area contributed by atoms with Gasteiger partial charge in [0.2, 0.25) is 11.2 Å². The summed E-state index contributed by atoms with van der Waals surface area (Å²) in [5.74, 6) is -0.158. The van der Waals surface area contributed by atoms with E-state index in [-0.39, 0.29) is 35.5 Å². The van der Waals surface area contributed by atoms with E-state index in [2.05, 4.69) is 53.4 Å². The standard InChI is InChI=1S/C30H28N2O4/c33-26-20-27(36-22-28(26)35-21-23-10-4-1-5-11-23)30(34)32-18-16-31(17-19-32)29(24-12-6-2-7-13-24)25-14-8-3-9-15-25/h1-15,20,22,29H,16-19,21H2. The van der Waals surface area contributed by atoms with Gasteiger partial charge in [-0.15, -0.1) is 0 Å². The lowest BCUT2D eigenvalue weighted by Gasteiger charge is -2.39. The third kappa shape index (κ3) is 5.39. The van der Waals surface area contributed by atoms with E-state index in [0.717, 1.165) is 5.56 Å². The summed E-state index contributed by atoms with van der Waals surface area (Å²) in [5, 5.41) is 0. The van der Waals surface area contributed by atoms with Crippen LogP contribution in [0.3, 0.4) is 0 Å². The third-order valence-corrected chi connectivity index (χ3v) is 6.44. The van der Waals surface area contributed by atoms with E-state index in [4.69, 9.17) is 9.15 Å². The third-order valence-electron chi connectivity index (χ3n) is 6.44. The maximum atomic E-state index is 13.1. The lowest BCUT2D eigenvalue weighted by atomic mass is 9.96. The molecule has 0 unspecified atom stereocenters. The molecule has 1 aliphatic rings. The van der Waals surface area contributed by atoms with Crippen molar-refractivity contribution in [2.45, 2.75) is 12.6 Å². The van der Waals surface area contributed by atoms with E-state index in [1.54, 1.807) is 4.90 Å². The number of nitrogens with zero attached hydrogens (tertiary/aromatic N) is 2. The van der Waals surface area contributed by atoms with Gasteiger partial charge in [-0.25, -0.2) is 0 Å². The van der Waals surface area contributed by atoms with Crippen LogP contribution in [0, 0.1) is 0 Å². The molecule has 4 aromatic rings. The molecule has 1 saturated heterocycles. The van der Waals surface area contributed by atoms with Gasteiger partial charge in [-0.1, -0.05) is 91.0 Å². The number of amides is 1. The maximum absolute atomic E-state index is 13.1. The molecule has 0 aliphatic carbocycles. The molecule has 0 bridgehead atoms. The Labute approximate surface area is 210 Å². The molecule has 0 atom stereocenters. The lowest BCUT2D eigenvalue weighted by molar-refractivity contribution is 0.0564. The molecule has 36 heavy (non-hydrogen) atoms. The topological polar surface area (TPSA) is 63.0 Å². The molecule has 1 amide bonds. The fourth-order valence-electron chi connectivity index (χ4n) is 4.58. The quantitative estimate of drug-likeness (QED) is 0.381. The van der Waals surface area contributed by atoms with Crippen LogP contribution in [0.2, 0.25) is 0 Å². The highest BCUT2D eigenvalue weighted by Gasteiger charge is 2.29. The van der Waals surface area contributed by atoms with Crippen LogP contribution in [-0.4, -0.2) is 41.9 Å². The van der Waals surface area contributed by atoms with Crippen LogP contribution in [-0.2, 0) is 6.61 Å². The summed E-state index contributed by atoms with van der Waals surface area (Å²) in [5.41, 5.74) is 3.02. The molecule has 0 N–H and O–H groups in total. The Bertz CT molecular complexity index is 1290. The maximum Gasteiger partial charge on any atom is 0.289 e. The van der Waals surface area contributed by atoms with Gasteiger partial charge in [-0.3, -0.25) is 14.5 Å². The van der Waals surface area contributed by atoms with Crippen molar-refractivity contribution in [2.75, 3.05) is 26.2 Å². The SMILES string of the molecule is O=C(c1cc(=O)c(OCc2ccccc2)co1)N1CCN(C(c2ccccc2)c2ccccc2)CC1. The van der Waals surface area contributed by atoms with E-state index in [1.165, 1.54) is 23.5 Å². The number of piperazine rings is 1. The summed E-state index contributed by atoms with van der Waals surface area (Å²) in [7, 11) is 0. The highest BCUT2D eigenvalue weighted by Crippen LogP contribution is 2.29. The number of hydrogen-bond acceptors (Lipinski definition) is 5. The highest BCUT2D eigenvalue weighted by molar-refractivity contribution is 5.91. The van der Waals surface area contributed by atoms with Crippen molar-refractivity contribution in [3.05, 3.63) is 136 Å². The van der Waals surface area contributed by atoms with E-state index >= 15 is 0 Å². The Morgan fingerprint density at radius 1 is 0.806 bits per heavy atom. The van der Waals surface area contributed by atoms with Crippen LogP contribution in [0.1, 0.15) is 33.3 Å². The van der Waals surface area contributed by atoms with Gasteiger partial charge in [0.05, 0.1) is 6.04 Å². The van der Waals surface area contributed by atoms with Crippen molar-refractivity contribution in [1.82, 2.24) is 9.80 Å². The minimum atomic E-state index is -0.368. The number of benzene rings is 3. The minimum absolute atomic E-state index is 0.0307. The van der Waals surface area contributed by atoms with Gasteiger partial charge in [0.25, 0.3) is 5.91 Å². The molecule has 5 rings (SSSR count). The summed E-state index contributed by atoms with van der Waals surface area (Å²) in [4.78, 5) is 29.8. The molecular formula is C30H28N2O4. The number of carbonyl (C=O) groups excluding carboxylic acids is 1. The van der Waals surface area contributed by atoms with Crippen LogP contribution in [0.15, 0.2) is 113 Å². The monoisotopic (exact) mass is 480 g/mol. The fourth-order valence-corrected chi connectivity index (χ4v) is 4.58.